The number of hydrogen-bond donors (Lipinski definition) is 0. The van der Waals surface area contributed by atoms with Crippen molar-refractivity contribution in [3.8, 4) is 0 Å². The van der Waals surface area contributed by atoms with Crippen LogP contribution < -0.4 is 0 Å². The lowest BCUT2D eigenvalue weighted by Gasteiger charge is -2.04. The van der Waals surface area contributed by atoms with E-state index >= 15 is 0 Å². The van der Waals surface area contributed by atoms with Crippen LogP contribution in [0.2, 0.25) is 0 Å². The zero-order valence-corrected chi connectivity index (χ0v) is 18.0. The van der Waals surface area contributed by atoms with Crippen LogP contribution in [0.5, 0.6) is 0 Å². The molecule has 136 valence electrons. The Balaban J connectivity index is 1.46. The van der Waals surface area contributed by atoms with Crippen molar-refractivity contribution in [2.24, 2.45) is 0 Å². The summed E-state index contributed by atoms with van der Waals surface area (Å²) in [6.07, 6.45) is 0. The van der Waals surface area contributed by atoms with Crippen molar-refractivity contribution in [2.75, 3.05) is 23.0 Å². The molecule has 0 amide bonds. The summed E-state index contributed by atoms with van der Waals surface area (Å²) in [6.45, 7) is 0. The third-order valence-corrected chi connectivity index (χ3v) is 10.6. The molecule has 0 aliphatic carbocycles. The fraction of sp³-hybridized carbons (Fsp3) is 0.333. The number of rotatable bonds is 12. The van der Waals surface area contributed by atoms with Gasteiger partial charge in [-0.15, -0.1) is 0 Å². The highest BCUT2D eigenvalue weighted by Gasteiger charge is 2.04. The molecule has 7 heteroatoms. The molecule has 0 aliphatic heterocycles. The highest BCUT2D eigenvalue weighted by Crippen LogP contribution is 2.34. The second kappa shape index (κ2) is 13.0. The lowest BCUT2D eigenvalue weighted by atomic mass is 10.2. The maximum Gasteiger partial charge on any atom is 0.0485 e. The van der Waals surface area contributed by atoms with Crippen molar-refractivity contribution < 1.29 is 8.42 Å². The molecule has 2 atom stereocenters. The van der Waals surface area contributed by atoms with E-state index in [-0.39, 0.29) is 0 Å². The maximum atomic E-state index is 12.0. The van der Waals surface area contributed by atoms with Gasteiger partial charge in [-0.3, -0.25) is 8.42 Å². The fourth-order valence-corrected chi connectivity index (χ4v) is 9.35. The van der Waals surface area contributed by atoms with E-state index in [2.05, 4.69) is 0 Å². The number of hydrogen-bond acceptors (Lipinski definition) is 5. The Morgan fingerprint density at radius 3 is 1.44 bits per heavy atom. The summed E-state index contributed by atoms with van der Waals surface area (Å²) in [5.74, 6) is 4.46. The van der Waals surface area contributed by atoms with Gasteiger partial charge in [-0.2, -0.15) is 0 Å². The van der Waals surface area contributed by atoms with Gasteiger partial charge in [0.1, 0.15) is 0 Å². The molecule has 2 nitrogen and oxygen atoms in total. The highest BCUT2D eigenvalue weighted by atomic mass is 33.5. The molecule has 0 radical (unpaired) electrons. The van der Waals surface area contributed by atoms with Gasteiger partial charge in [0.05, 0.1) is 0 Å². The predicted octanol–water partition coefficient (Wildman–Crippen LogP) is 4.91. The quantitative estimate of drug-likeness (QED) is 0.353. The molecule has 0 spiro atoms. The first-order valence-electron chi connectivity index (χ1n) is 7.93. The molecule has 2 unspecified atom stereocenters. The van der Waals surface area contributed by atoms with E-state index in [9.17, 15) is 8.42 Å². The van der Waals surface area contributed by atoms with Crippen LogP contribution in [0.3, 0.4) is 0 Å². The largest absolute Gasteiger partial charge is 0.259 e. The third kappa shape index (κ3) is 9.89. The van der Waals surface area contributed by atoms with E-state index in [4.69, 9.17) is 0 Å². The molecule has 2 aromatic carbocycles. The summed E-state index contributed by atoms with van der Waals surface area (Å²) in [5.41, 5.74) is 2.27. The first-order valence-corrected chi connectivity index (χ1v) is 14.7. The van der Waals surface area contributed by atoms with Crippen LogP contribution in [-0.2, 0) is 33.1 Å². The molecule has 0 aromatic heterocycles. The van der Waals surface area contributed by atoms with Gasteiger partial charge in [0.15, 0.2) is 0 Å². The van der Waals surface area contributed by atoms with E-state index < -0.39 is 21.6 Å². The predicted molar refractivity (Wildman–Crippen MR) is 119 cm³/mol. The van der Waals surface area contributed by atoms with Crippen molar-refractivity contribution in [1.82, 2.24) is 0 Å². The van der Waals surface area contributed by atoms with Crippen LogP contribution in [-0.4, -0.2) is 31.4 Å². The third-order valence-electron chi connectivity index (χ3n) is 3.23. The Morgan fingerprint density at radius 2 is 1.04 bits per heavy atom. The van der Waals surface area contributed by atoms with Crippen LogP contribution in [0.25, 0.3) is 0 Å². The summed E-state index contributed by atoms with van der Waals surface area (Å²) in [7, 11) is 3.58. The Labute approximate surface area is 167 Å². The lowest BCUT2D eigenvalue weighted by molar-refractivity contribution is 0.682. The molecular weight excluding hydrogens is 409 g/mol. The molecular formula is C18H22O2S5. The topological polar surface area (TPSA) is 34.1 Å². The SMILES string of the molecule is O=S(CCSSSCCS(=O)Cc1ccccc1)Cc1ccccc1. The van der Waals surface area contributed by atoms with Gasteiger partial charge in [-0.1, -0.05) is 82.3 Å². The van der Waals surface area contributed by atoms with E-state index in [1.165, 1.54) is 0 Å². The van der Waals surface area contributed by atoms with Crippen LogP contribution in [0, 0.1) is 0 Å². The van der Waals surface area contributed by atoms with Crippen LogP contribution in [0.15, 0.2) is 60.7 Å². The normalized spacial score (nSPS) is 13.4. The van der Waals surface area contributed by atoms with E-state index in [1.54, 1.807) is 31.4 Å². The van der Waals surface area contributed by atoms with Gasteiger partial charge in [0.2, 0.25) is 0 Å². The molecule has 25 heavy (non-hydrogen) atoms. The van der Waals surface area contributed by atoms with E-state index in [0.717, 1.165) is 22.6 Å². The Morgan fingerprint density at radius 1 is 0.640 bits per heavy atom. The minimum absolute atomic E-state index is 0.637. The van der Waals surface area contributed by atoms with Crippen molar-refractivity contribution in [3.63, 3.8) is 0 Å². The minimum atomic E-state index is -0.800. The first kappa shape index (κ1) is 21.1. The average molecular weight is 431 g/mol. The van der Waals surface area contributed by atoms with Crippen molar-refractivity contribution in [3.05, 3.63) is 71.8 Å². The van der Waals surface area contributed by atoms with Crippen LogP contribution >= 0.6 is 31.4 Å². The van der Waals surface area contributed by atoms with Crippen molar-refractivity contribution >= 4 is 53.0 Å². The molecule has 0 heterocycles. The van der Waals surface area contributed by atoms with Crippen LogP contribution in [0.1, 0.15) is 11.1 Å². The highest BCUT2D eigenvalue weighted by molar-refractivity contribution is 9.09. The minimum Gasteiger partial charge on any atom is -0.259 e. The molecule has 0 bridgehead atoms. The smallest absolute Gasteiger partial charge is 0.0485 e. The summed E-state index contributed by atoms with van der Waals surface area (Å²) >= 11 is 0. The fourth-order valence-electron chi connectivity index (χ4n) is 2.02. The second-order valence-electron chi connectivity index (χ2n) is 5.26. The zero-order valence-electron chi connectivity index (χ0n) is 13.9. The molecule has 0 saturated carbocycles. The van der Waals surface area contributed by atoms with Gasteiger partial charge < -0.3 is 0 Å². The van der Waals surface area contributed by atoms with Crippen molar-refractivity contribution in [2.45, 2.75) is 11.5 Å². The van der Waals surface area contributed by atoms with Crippen LogP contribution in [0.4, 0.5) is 0 Å². The van der Waals surface area contributed by atoms with Gasteiger partial charge >= 0.3 is 0 Å². The lowest BCUT2D eigenvalue weighted by Crippen LogP contribution is -2.03. The van der Waals surface area contributed by atoms with Gasteiger partial charge in [0, 0.05) is 56.1 Å². The summed E-state index contributed by atoms with van der Waals surface area (Å²) in [6, 6.07) is 20.0. The Hall–Kier alpha value is -0.210. The molecule has 0 aliphatic rings. The van der Waals surface area contributed by atoms with Gasteiger partial charge in [0.25, 0.3) is 0 Å². The molecule has 2 aromatic rings. The first-order chi connectivity index (χ1) is 12.2. The molecule has 2 rings (SSSR count). The second-order valence-corrected chi connectivity index (χ2v) is 12.9. The van der Waals surface area contributed by atoms with Gasteiger partial charge in [-0.05, 0) is 21.0 Å². The van der Waals surface area contributed by atoms with Gasteiger partial charge in [-0.25, -0.2) is 0 Å². The maximum absolute atomic E-state index is 12.0. The average Bonchev–Trinajstić information content (AvgIpc) is 2.62. The molecule has 0 N–H and O–H groups in total. The summed E-state index contributed by atoms with van der Waals surface area (Å²) in [4.78, 5) is 0. The van der Waals surface area contributed by atoms with Crippen molar-refractivity contribution in [1.29, 1.82) is 0 Å². The zero-order chi connectivity index (χ0) is 17.7. The summed E-state index contributed by atoms with van der Waals surface area (Å²) in [5, 5.41) is 0. The Kier molecular flexibility index (Phi) is 11.0. The number of benzene rings is 2. The van der Waals surface area contributed by atoms with E-state index in [1.807, 2.05) is 60.7 Å². The monoisotopic (exact) mass is 430 g/mol. The Bertz CT molecular complexity index is 592. The standard InChI is InChI=1S/C18H22O2S5/c19-24(15-17-7-3-1-4-8-17)13-11-21-23-22-12-14-25(20)16-18-9-5-2-6-10-18/h1-10H,11-16H2. The van der Waals surface area contributed by atoms with E-state index in [0.29, 0.717) is 23.0 Å². The molecule has 0 saturated heterocycles. The molecule has 0 fully saturated rings. The summed E-state index contributed by atoms with van der Waals surface area (Å²) < 4.78 is 24.0.